The lowest BCUT2D eigenvalue weighted by Gasteiger charge is -2.17. The van der Waals surface area contributed by atoms with Gasteiger partial charge in [-0.1, -0.05) is 0 Å². The summed E-state index contributed by atoms with van der Waals surface area (Å²) in [7, 11) is 0. The first-order chi connectivity index (χ1) is 8.74. The van der Waals surface area contributed by atoms with E-state index in [2.05, 4.69) is 9.88 Å². The lowest BCUT2D eigenvalue weighted by atomic mass is 10.2. The minimum Gasteiger partial charge on any atom is -0.480 e. The van der Waals surface area contributed by atoms with E-state index in [1.54, 1.807) is 10.9 Å². The molecular weight excluding hydrogens is 230 g/mol. The van der Waals surface area contributed by atoms with Gasteiger partial charge in [-0.3, -0.25) is 4.79 Å². The number of fused-ring (bicyclic) bond motifs is 1. The van der Waals surface area contributed by atoms with E-state index in [1.807, 2.05) is 18.2 Å². The molecule has 0 bridgehead atoms. The van der Waals surface area contributed by atoms with E-state index >= 15 is 0 Å². The summed E-state index contributed by atoms with van der Waals surface area (Å²) in [4.78, 5) is 17.3. The number of benzene rings is 1. The van der Waals surface area contributed by atoms with E-state index in [0.29, 0.717) is 0 Å². The van der Waals surface area contributed by atoms with Crippen LogP contribution in [0.4, 0.5) is 5.69 Å². The minimum atomic E-state index is -0.849. The SMILES string of the molecule is O=C(O)Cn1cnc2cc(N3CCCC3)ccc21. The van der Waals surface area contributed by atoms with Crippen molar-refractivity contribution in [2.75, 3.05) is 18.0 Å². The summed E-state index contributed by atoms with van der Waals surface area (Å²) in [5.74, 6) is -0.849. The van der Waals surface area contributed by atoms with Crippen LogP contribution in [0.3, 0.4) is 0 Å². The van der Waals surface area contributed by atoms with Crippen LogP contribution >= 0.6 is 0 Å². The number of carboxylic acid groups (broad SMARTS) is 1. The topological polar surface area (TPSA) is 58.4 Å². The number of rotatable bonds is 3. The molecule has 0 unspecified atom stereocenters. The Hall–Kier alpha value is -2.04. The summed E-state index contributed by atoms with van der Waals surface area (Å²) in [6.07, 6.45) is 4.07. The molecule has 94 valence electrons. The van der Waals surface area contributed by atoms with Crippen LogP contribution < -0.4 is 4.90 Å². The van der Waals surface area contributed by atoms with E-state index in [9.17, 15) is 4.79 Å². The van der Waals surface area contributed by atoms with Crippen LogP contribution in [0.5, 0.6) is 0 Å². The number of nitrogens with zero attached hydrogens (tertiary/aromatic N) is 3. The van der Waals surface area contributed by atoms with Crippen LogP contribution in [0.15, 0.2) is 24.5 Å². The average Bonchev–Trinajstić information content (AvgIpc) is 2.97. The van der Waals surface area contributed by atoms with Crippen molar-refractivity contribution in [2.45, 2.75) is 19.4 Å². The monoisotopic (exact) mass is 245 g/mol. The number of hydrogen-bond donors (Lipinski definition) is 1. The van der Waals surface area contributed by atoms with Gasteiger partial charge in [0.2, 0.25) is 0 Å². The lowest BCUT2D eigenvalue weighted by molar-refractivity contribution is -0.137. The Morgan fingerprint density at radius 1 is 1.33 bits per heavy atom. The van der Waals surface area contributed by atoms with E-state index in [0.717, 1.165) is 24.1 Å². The Labute approximate surface area is 105 Å². The second kappa shape index (κ2) is 4.33. The first-order valence-corrected chi connectivity index (χ1v) is 6.16. The number of imidazole rings is 1. The Balaban J connectivity index is 1.95. The molecule has 1 N–H and O–H groups in total. The number of aromatic nitrogens is 2. The molecule has 0 saturated carbocycles. The van der Waals surface area contributed by atoms with Crippen molar-refractivity contribution in [3.63, 3.8) is 0 Å². The smallest absolute Gasteiger partial charge is 0.323 e. The van der Waals surface area contributed by atoms with E-state index in [4.69, 9.17) is 5.11 Å². The van der Waals surface area contributed by atoms with Crippen molar-refractivity contribution < 1.29 is 9.90 Å². The van der Waals surface area contributed by atoms with Crippen molar-refractivity contribution in [3.8, 4) is 0 Å². The predicted octanol–water partition coefficient (Wildman–Crippen LogP) is 1.72. The third kappa shape index (κ3) is 1.92. The maximum absolute atomic E-state index is 10.7. The van der Waals surface area contributed by atoms with Gasteiger partial charge in [0.05, 0.1) is 17.4 Å². The third-order valence-corrected chi connectivity index (χ3v) is 3.38. The fraction of sp³-hybridized carbons (Fsp3) is 0.385. The van der Waals surface area contributed by atoms with Crippen LogP contribution in [0.25, 0.3) is 11.0 Å². The largest absolute Gasteiger partial charge is 0.480 e. The van der Waals surface area contributed by atoms with Crippen LogP contribution in [0.1, 0.15) is 12.8 Å². The normalized spacial score (nSPS) is 15.4. The van der Waals surface area contributed by atoms with E-state index in [1.165, 1.54) is 18.5 Å². The summed E-state index contributed by atoms with van der Waals surface area (Å²) in [6.45, 7) is 2.16. The molecule has 2 aromatic rings. The summed E-state index contributed by atoms with van der Waals surface area (Å²) in [5.41, 5.74) is 2.92. The highest BCUT2D eigenvalue weighted by atomic mass is 16.4. The molecule has 0 aliphatic carbocycles. The summed E-state index contributed by atoms with van der Waals surface area (Å²) < 4.78 is 1.66. The summed E-state index contributed by atoms with van der Waals surface area (Å²) >= 11 is 0. The average molecular weight is 245 g/mol. The van der Waals surface area contributed by atoms with Gasteiger partial charge in [0.1, 0.15) is 6.54 Å². The number of carbonyl (C=O) groups is 1. The molecule has 5 nitrogen and oxygen atoms in total. The first-order valence-electron chi connectivity index (χ1n) is 6.16. The highest BCUT2D eigenvalue weighted by molar-refractivity contribution is 5.81. The van der Waals surface area contributed by atoms with E-state index in [-0.39, 0.29) is 6.54 Å². The highest BCUT2D eigenvalue weighted by Gasteiger charge is 2.14. The zero-order chi connectivity index (χ0) is 12.5. The summed E-state index contributed by atoms with van der Waals surface area (Å²) in [5, 5.41) is 8.82. The molecular formula is C13H15N3O2. The van der Waals surface area contributed by atoms with Crippen LogP contribution in [0.2, 0.25) is 0 Å². The zero-order valence-corrected chi connectivity index (χ0v) is 10.0. The Morgan fingerprint density at radius 3 is 2.83 bits per heavy atom. The van der Waals surface area contributed by atoms with Gasteiger partial charge in [0.15, 0.2) is 0 Å². The molecule has 0 radical (unpaired) electrons. The fourth-order valence-electron chi connectivity index (χ4n) is 2.50. The molecule has 1 aromatic carbocycles. The Bertz CT molecular complexity index is 585. The number of anilines is 1. The van der Waals surface area contributed by atoms with Gasteiger partial charge in [-0.2, -0.15) is 0 Å². The molecule has 0 spiro atoms. The molecule has 0 amide bonds. The molecule has 5 heteroatoms. The van der Waals surface area contributed by atoms with Crippen molar-refractivity contribution in [1.29, 1.82) is 0 Å². The van der Waals surface area contributed by atoms with Gasteiger partial charge in [-0.05, 0) is 31.0 Å². The third-order valence-electron chi connectivity index (χ3n) is 3.38. The van der Waals surface area contributed by atoms with Crippen molar-refractivity contribution >= 4 is 22.7 Å². The minimum absolute atomic E-state index is 0.0421. The Kier molecular flexibility index (Phi) is 2.66. The van der Waals surface area contributed by atoms with Crippen molar-refractivity contribution in [2.24, 2.45) is 0 Å². The molecule has 18 heavy (non-hydrogen) atoms. The Morgan fingerprint density at radius 2 is 2.11 bits per heavy atom. The van der Waals surface area contributed by atoms with E-state index < -0.39 is 5.97 Å². The molecule has 3 rings (SSSR count). The van der Waals surface area contributed by atoms with Gasteiger partial charge in [-0.25, -0.2) is 4.98 Å². The zero-order valence-electron chi connectivity index (χ0n) is 10.0. The van der Waals surface area contributed by atoms with Crippen molar-refractivity contribution in [3.05, 3.63) is 24.5 Å². The number of hydrogen-bond acceptors (Lipinski definition) is 3. The van der Waals surface area contributed by atoms with Gasteiger partial charge >= 0.3 is 5.97 Å². The number of aliphatic carboxylic acids is 1. The fourth-order valence-corrected chi connectivity index (χ4v) is 2.50. The molecule has 2 heterocycles. The maximum Gasteiger partial charge on any atom is 0.323 e. The molecule has 1 aliphatic rings. The molecule has 1 aliphatic heterocycles. The van der Waals surface area contributed by atoms with Crippen LogP contribution in [0, 0.1) is 0 Å². The highest BCUT2D eigenvalue weighted by Crippen LogP contribution is 2.24. The molecule has 1 aromatic heterocycles. The predicted molar refractivity (Wildman–Crippen MR) is 68.8 cm³/mol. The maximum atomic E-state index is 10.7. The van der Waals surface area contributed by atoms with Gasteiger partial charge in [0, 0.05) is 18.8 Å². The van der Waals surface area contributed by atoms with Crippen LogP contribution in [-0.4, -0.2) is 33.7 Å². The van der Waals surface area contributed by atoms with Gasteiger partial charge in [-0.15, -0.1) is 0 Å². The standard InChI is InChI=1S/C13H15N3O2/c17-13(18)8-16-9-14-11-7-10(3-4-12(11)16)15-5-1-2-6-15/h3-4,7,9H,1-2,5-6,8H2,(H,17,18). The molecule has 0 atom stereocenters. The van der Waals surface area contributed by atoms with Crippen LogP contribution in [-0.2, 0) is 11.3 Å². The second-order valence-electron chi connectivity index (χ2n) is 4.63. The second-order valence-corrected chi connectivity index (χ2v) is 4.63. The van der Waals surface area contributed by atoms with Gasteiger partial charge in [0.25, 0.3) is 0 Å². The molecule has 1 saturated heterocycles. The summed E-state index contributed by atoms with van der Waals surface area (Å²) in [6, 6.07) is 6.05. The quantitative estimate of drug-likeness (QED) is 0.894. The van der Waals surface area contributed by atoms with Crippen molar-refractivity contribution in [1.82, 2.24) is 9.55 Å². The van der Waals surface area contributed by atoms with Gasteiger partial charge < -0.3 is 14.6 Å². The number of carboxylic acids is 1. The molecule has 1 fully saturated rings. The first kappa shape index (κ1) is 11.1. The lowest BCUT2D eigenvalue weighted by Crippen LogP contribution is -2.17.